The van der Waals surface area contributed by atoms with Crippen molar-refractivity contribution in [3.8, 4) is 0 Å². The lowest BCUT2D eigenvalue weighted by Gasteiger charge is -2.53. The number of rotatable bonds is 30. The van der Waals surface area contributed by atoms with Crippen LogP contribution in [0.25, 0.3) is 0 Å². The molecule has 30 heterocycles. The second-order valence-corrected chi connectivity index (χ2v) is 27.5. The standard InChI is InChI=1S/C70H124O40/c1-73-25-33-41-49(81-9)59(91-19)67(99-33)109-45-37(29-77-5)101-69(61(93-21)53(45)85-13)107-43-35(27-75-3)98-66(58(90-18)51(43)83-11)104-40-32(24-72)96-64(56(88-16)48(40)80-8)106-42-34(26-74-2)100-68(60(92-20)50(42)82-10)110-46-38(30-78-6)102-70(62(94-22)54(46)86-14)108-44-36(28-76-4)97-65(57(89-17)52(44)84-12)103-39-31(23-71)95-63(105-41)55(87-15)47(39)79-7/h31-72H,23-30H2,1-22H3/t31-,32-,33-,34-,35-,36-,37-,38-,39-,40-,41-,42-,43-,44-,45-,46-,47+,48+,49+,50+,51-,52+,53+,54-,55-,56+,57-,58+,59-,60-,61-,62+,63-,64-,65-,66-,67-,68-,69-,70-/m1/s1. The van der Waals surface area contributed by atoms with Crippen LogP contribution in [0.3, 0.4) is 0 Å². The molecule has 0 unspecified atom stereocenters. The first-order valence-electron chi connectivity index (χ1n) is 36.6. The molecule has 40 atom stereocenters. The molecule has 30 aliphatic rings. The third-order valence-corrected chi connectivity index (χ3v) is 21.8. The van der Waals surface area contributed by atoms with E-state index in [1.807, 2.05) is 0 Å². The van der Waals surface area contributed by atoms with Crippen LogP contribution >= 0.6 is 0 Å². The van der Waals surface area contributed by atoms with Crippen molar-refractivity contribution in [3.05, 3.63) is 0 Å². The Morgan fingerprint density at radius 2 is 0.264 bits per heavy atom. The van der Waals surface area contributed by atoms with E-state index in [2.05, 4.69) is 0 Å². The van der Waals surface area contributed by atoms with E-state index in [0.29, 0.717) is 0 Å². The van der Waals surface area contributed by atoms with Crippen molar-refractivity contribution in [3.63, 3.8) is 0 Å². The molecule has 30 rings (SSSR count). The molecule has 644 valence electrons. The first-order chi connectivity index (χ1) is 53.5. The van der Waals surface area contributed by atoms with E-state index < -0.39 is 259 Å². The van der Waals surface area contributed by atoms with Crippen molar-refractivity contribution in [1.29, 1.82) is 0 Å². The van der Waals surface area contributed by atoms with Crippen LogP contribution in [0, 0.1) is 0 Å². The lowest BCUT2D eigenvalue weighted by Crippen LogP contribution is -2.70. The average Bonchev–Trinajstić information content (AvgIpc) is 0.763. The molecule has 40 nitrogen and oxygen atoms in total. The summed E-state index contributed by atoms with van der Waals surface area (Å²) in [5, 5.41) is 22.8. The molecule has 0 aromatic carbocycles. The smallest absolute Gasteiger partial charge is 0.187 e. The molecule has 30 fully saturated rings. The first kappa shape index (κ1) is 92.3. The quantitative estimate of drug-likeness (QED) is 0.0723. The van der Waals surface area contributed by atoms with Gasteiger partial charge in [-0.3, -0.25) is 0 Å². The summed E-state index contributed by atoms with van der Waals surface area (Å²) in [5.41, 5.74) is 0. The molecule has 0 amide bonds. The minimum atomic E-state index is -1.34. The van der Waals surface area contributed by atoms with Crippen LogP contribution in [0.5, 0.6) is 0 Å². The fraction of sp³-hybridized carbons (Fsp3) is 1.00. The second kappa shape index (κ2) is 45.0. The highest BCUT2D eigenvalue weighted by molar-refractivity contribution is 5.05. The van der Waals surface area contributed by atoms with Crippen LogP contribution in [0.1, 0.15) is 0 Å². The average molecular weight is 1610 g/mol. The third kappa shape index (κ3) is 19.8. The molecule has 30 saturated heterocycles. The summed E-state index contributed by atoms with van der Waals surface area (Å²) in [5.74, 6) is 0. The second-order valence-electron chi connectivity index (χ2n) is 27.5. The zero-order valence-electron chi connectivity index (χ0n) is 67.2. The molecular formula is C70H124O40. The van der Waals surface area contributed by atoms with Gasteiger partial charge < -0.3 is 190 Å². The molecule has 110 heavy (non-hydrogen) atoms. The minimum absolute atomic E-state index is 0.0808. The summed E-state index contributed by atoms with van der Waals surface area (Å²) >= 11 is 0. The zero-order valence-corrected chi connectivity index (χ0v) is 67.2. The van der Waals surface area contributed by atoms with Gasteiger partial charge in [-0.15, -0.1) is 0 Å². The van der Waals surface area contributed by atoms with Gasteiger partial charge in [0.15, 0.2) is 50.3 Å². The van der Waals surface area contributed by atoms with Gasteiger partial charge >= 0.3 is 0 Å². The van der Waals surface area contributed by atoms with Crippen molar-refractivity contribution in [2.75, 3.05) is 209 Å². The maximum absolute atomic E-state index is 11.4. The van der Waals surface area contributed by atoms with Gasteiger partial charge in [-0.2, -0.15) is 0 Å². The number of ether oxygens (including phenoxy) is 38. The number of methoxy groups -OCH3 is 22. The molecule has 0 radical (unpaired) electrons. The van der Waals surface area contributed by atoms with Crippen LogP contribution in [0.15, 0.2) is 0 Å². The predicted octanol–water partition coefficient (Wildman–Crippen LogP) is -3.02. The highest BCUT2D eigenvalue weighted by Gasteiger charge is 2.63. The Morgan fingerprint density at radius 1 is 0.155 bits per heavy atom. The summed E-state index contributed by atoms with van der Waals surface area (Å²) in [4.78, 5) is 0. The Hall–Kier alpha value is -1.60. The van der Waals surface area contributed by atoms with Gasteiger partial charge in [0.25, 0.3) is 0 Å². The monoisotopic (exact) mass is 1600 g/mol. The Kier molecular flexibility index (Phi) is 37.7. The summed E-state index contributed by atoms with van der Waals surface area (Å²) in [6.45, 7) is -1.79. The molecule has 0 aromatic heterocycles. The van der Waals surface area contributed by atoms with Gasteiger partial charge in [0.1, 0.15) is 195 Å². The Morgan fingerprint density at radius 3 is 0.364 bits per heavy atom. The minimum Gasteiger partial charge on any atom is -0.394 e. The number of aliphatic hydroxyl groups excluding tert-OH is 2. The van der Waals surface area contributed by atoms with Crippen LogP contribution in [0.2, 0.25) is 0 Å². The maximum Gasteiger partial charge on any atom is 0.187 e. The molecule has 30 aliphatic heterocycles. The van der Waals surface area contributed by atoms with Gasteiger partial charge in [0, 0.05) is 156 Å². The van der Waals surface area contributed by atoms with Crippen LogP contribution in [0.4, 0.5) is 0 Å². The molecule has 0 spiro atoms. The number of hydrogen-bond donors (Lipinski definition) is 2. The summed E-state index contributed by atoms with van der Waals surface area (Å²) in [7, 11) is 32.4. The van der Waals surface area contributed by atoms with Crippen LogP contribution < -0.4 is 0 Å². The van der Waals surface area contributed by atoms with E-state index in [1.165, 1.54) is 156 Å². The SMILES string of the molecule is COC[C@H]1O[C@@H]2O[C@H]3[C@@H](OC)[C@H](OC)[C@@H](O[C@H]4[C@H](OC)[C@@H](OC)[C@@H](O[C@H]5[C@H](OC)[C@@H](OC)[C@@H](O[C@H]6[C@H](OC)[C@@H](OC)[C@@H](O[C@H]7[C@H](OC)[C@@H](OC)[C@@H](O[C@H]8[C@@H](OC)[C@H](OC)[C@@H](O[C@H]9[C@H](OC)[C@H](OC)[C@@H](O[C@H]1[C@H](OC)[C@H]2OC)O[C@@H]9CO)O[C@@H]8COC)O[C@@H]7COC)O[C@@H]6COC)O[C@@H]5CO)O[C@@H]4COC)O[C@@H]3COC. The highest BCUT2D eigenvalue weighted by atomic mass is 16.8. The third-order valence-electron chi connectivity index (χ3n) is 21.8. The van der Waals surface area contributed by atoms with Gasteiger partial charge in [-0.25, -0.2) is 0 Å². The van der Waals surface area contributed by atoms with Crippen molar-refractivity contribution in [1.82, 2.24) is 0 Å². The van der Waals surface area contributed by atoms with Gasteiger partial charge in [0.2, 0.25) is 0 Å². The Labute approximate surface area is 643 Å². The fourth-order valence-electron chi connectivity index (χ4n) is 16.7. The van der Waals surface area contributed by atoms with Gasteiger partial charge in [-0.05, 0) is 0 Å². The van der Waals surface area contributed by atoms with E-state index in [-0.39, 0.29) is 39.6 Å². The molecule has 0 saturated carbocycles. The Balaban J connectivity index is 1.11. The normalized spacial score (nSPS) is 46.7. The van der Waals surface area contributed by atoms with Crippen LogP contribution in [-0.4, -0.2) is 465 Å². The molecule has 16 bridgehead atoms. The largest absolute Gasteiger partial charge is 0.394 e. The number of hydrogen-bond acceptors (Lipinski definition) is 40. The van der Waals surface area contributed by atoms with E-state index in [9.17, 15) is 10.2 Å². The molecular weight excluding hydrogens is 1480 g/mol. The number of aliphatic hydroxyl groups is 2. The van der Waals surface area contributed by atoms with Crippen LogP contribution in [-0.2, 0) is 180 Å². The summed E-state index contributed by atoms with van der Waals surface area (Å²) in [6, 6.07) is 0. The van der Waals surface area contributed by atoms with Crippen molar-refractivity contribution >= 4 is 0 Å². The highest BCUT2D eigenvalue weighted by Crippen LogP contribution is 2.44. The first-order valence-corrected chi connectivity index (χ1v) is 36.6. The van der Waals surface area contributed by atoms with E-state index in [4.69, 9.17) is 180 Å². The molecule has 0 aromatic rings. The fourth-order valence-corrected chi connectivity index (χ4v) is 16.7. The lowest BCUT2D eigenvalue weighted by atomic mass is 9.94. The van der Waals surface area contributed by atoms with E-state index >= 15 is 0 Å². The zero-order chi connectivity index (χ0) is 79.6. The summed E-state index contributed by atoms with van der Waals surface area (Å²) in [6.07, 6.45) is -44.5. The topological polar surface area (TPSA) is 391 Å². The maximum atomic E-state index is 11.4. The van der Waals surface area contributed by atoms with Gasteiger partial charge in [-0.1, -0.05) is 0 Å². The van der Waals surface area contributed by atoms with Crippen molar-refractivity contribution in [2.24, 2.45) is 0 Å². The van der Waals surface area contributed by atoms with E-state index in [1.54, 1.807) is 0 Å². The van der Waals surface area contributed by atoms with Gasteiger partial charge in [0.05, 0.1) is 52.9 Å². The lowest BCUT2D eigenvalue weighted by molar-refractivity contribution is -0.409. The van der Waals surface area contributed by atoms with Crippen molar-refractivity contribution < 1.29 is 190 Å². The summed E-state index contributed by atoms with van der Waals surface area (Å²) < 4.78 is 245. The molecule has 0 aliphatic carbocycles. The Bertz CT molecular complexity index is 2370. The molecule has 40 heteroatoms. The molecule has 2 N–H and O–H groups in total. The predicted molar refractivity (Wildman–Crippen MR) is 366 cm³/mol. The van der Waals surface area contributed by atoms with Crippen molar-refractivity contribution in [2.45, 2.75) is 246 Å². The van der Waals surface area contributed by atoms with E-state index in [0.717, 1.165) is 0 Å².